The summed E-state index contributed by atoms with van der Waals surface area (Å²) in [6.07, 6.45) is 2.24. The van der Waals surface area contributed by atoms with Gasteiger partial charge in [0.15, 0.2) is 0 Å². The normalized spacial score (nSPS) is 22.2. The first-order valence-electron chi connectivity index (χ1n) is 4.90. The summed E-state index contributed by atoms with van der Waals surface area (Å²) in [5.74, 6) is 1.39. The number of hydrogen-bond acceptors (Lipinski definition) is 4. The summed E-state index contributed by atoms with van der Waals surface area (Å²) in [6, 6.07) is 0. The topological polar surface area (TPSA) is 67.8 Å². The van der Waals surface area contributed by atoms with Crippen LogP contribution in [0.4, 0.5) is 0 Å². The average molecular weight is 218 g/mol. The number of rotatable bonds is 4. The number of oxime groups is 1. The first kappa shape index (κ1) is 11.7. The van der Waals surface area contributed by atoms with Gasteiger partial charge in [0.2, 0.25) is 0 Å². The lowest BCUT2D eigenvalue weighted by molar-refractivity contribution is 0.1000. The summed E-state index contributed by atoms with van der Waals surface area (Å²) < 4.78 is 5.27. The van der Waals surface area contributed by atoms with Crippen LogP contribution in [0.2, 0.25) is 0 Å². The minimum Gasteiger partial charge on any atom is -0.409 e. The minimum absolute atomic E-state index is 0.146. The zero-order chi connectivity index (χ0) is 10.4. The smallest absolute Gasteiger partial charge is 0.142 e. The fraction of sp³-hybridized carbons (Fsp3) is 0.889. The van der Waals surface area contributed by atoms with E-state index in [2.05, 4.69) is 5.16 Å². The standard InChI is InChI=1S/C9H18N2O2S/c1-7(9(10)11-12)6-14-8-2-4-13-5-3-8/h7-8,12H,2-6H2,1H3,(H2,10,11). The molecule has 0 bridgehead atoms. The van der Waals surface area contributed by atoms with E-state index < -0.39 is 0 Å². The molecule has 0 aliphatic carbocycles. The number of nitrogens with two attached hydrogens (primary N) is 1. The van der Waals surface area contributed by atoms with Gasteiger partial charge in [0.25, 0.3) is 0 Å². The van der Waals surface area contributed by atoms with Gasteiger partial charge in [0.05, 0.1) is 0 Å². The highest BCUT2D eigenvalue weighted by Crippen LogP contribution is 2.23. The van der Waals surface area contributed by atoms with E-state index in [0.29, 0.717) is 11.1 Å². The maximum Gasteiger partial charge on any atom is 0.142 e. The van der Waals surface area contributed by atoms with Gasteiger partial charge in [0, 0.05) is 30.1 Å². The fourth-order valence-electron chi connectivity index (χ4n) is 1.31. The van der Waals surface area contributed by atoms with E-state index in [1.54, 1.807) is 0 Å². The van der Waals surface area contributed by atoms with Crippen molar-refractivity contribution in [3.63, 3.8) is 0 Å². The molecule has 0 aromatic heterocycles. The van der Waals surface area contributed by atoms with Gasteiger partial charge >= 0.3 is 0 Å². The first-order chi connectivity index (χ1) is 6.74. The van der Waals surface area contributed by atoms with Crippen molar-refractivity contribution in [2.75, 3.05) is 19.0 Å². The van der Waals surface area contributed by atoms with Crippen molar-refractivity contribution < 1.29 is 9.94 Å². The van der Waals surface area contributed by atoms with Gasteiger partial charge in [0.1, 0.15) is 5.84 Å². The van der Waals surface area contributed by atoms with E-state index in [0.717, 1.165) is 31.8 Å². The predicted octanol–water partition coefficient (Wildman–Crippen LogP) is 1.28. The number of nitrogens with zero attached hydrogens (tertiary/aromatic N) is 1. The molecule has 3 N–H and O–H groups in total. The highest BCUT2D eigenvalue weighted by atomic mass is 32.2. The number of ether oxygens (including phenoxy) is 1. The quantitative estimate of drug-likeness (QED) is 0.323. The molecule has 1 heterocycles. The van der Waals surface area contributed by atoms with Gasteiger partial charge in [-0.2, -0.15) is 11.8 Å². The largest absolute Gasteiger partial charge is 0.409 e. The molecule has 1 saturated heterocycles. The Hall–Kier alpha value is -0.420. The second kappa shape index (κ2) is 6.14. The maximum atomic E-state index is 8.48. The SMILES string of the molecule is CC(CSC1CCOCC1)C(N)=NO. The summed E-state index contributed by atoms with van der Waals surface area (Å²) in [6.45, 7) is 3.71. The number of thioether (sulfide) groups is 1. The molecular formula is C9H18N2O2S. The molecule has 4 nitrogen and oxygen atoms in total. The zero-order valence-electron chi connectivity index (χ0n) is 8.48. The van der Waals surface area contributed by atoms with Crippen LogP contribution in [0.25, 0.3) is 0 Å². The van der Waals surface area contributed by atoms with Crippen molar-refractivity contribution >= 4 is 17.6 Å². The summed E-state index contributed by atoms with van der Waals surface area (Å²) in [4.78, 5) is 0. The molecule has 1 rings (SSSR count). The third-order valence-corrected chi connectivity index (χ3v) is 4.01. The molecule has 1 unspecified atom stereocenters. The van der Waals surface area contributed by atoms with E-state index in [9.17, 15) is 0 Å². The third kappa shape index (κ3) is 3.75. The molecule has 0 radical (unpaired) electrons. The van der Waals surface area contributed by atoms with Gasteiger partial charge in [-0.05, 0) is 12.8 Å². The molecule has 1 aliphatic heterocycles. The van der Waals surface area contributed by atoms with E-state index in [4.69, 9.17) is 15.7 Å². The Morgan fingerprint density at radius 3 is 2.86 bits per heavy atom. The van der Waals surface area contributed by atoms with Crippen molar-refractivity contribution in [1.82, 2.24) is 0 Å². The third-order valence-electron chi connectivity index (χ3n) is 2.37. The maximum absolute atomic E-state index is 8.48. The van der Waals surface area contributed by atoms with Crippen molar-refractivity contribution in [3.05, 3.63) is 0 Å². The van der Waals surface area contributed by atoms with Crippen LogP contribution < -0.4 is 5.73 Å². The molecular weight excluding hydrogens is 200 g/mol. The van der Waals surface area contributed by atoms with E-state index in [1.165, 1.54) is 0 Å². The van der Waals surface area contributed by atoms with Crippen LogP contribution in [0.5, 0.6) is 0 Å². The lowest BCUT2D eigenvalue weighted by atomic mass is 10.2. The van der Waals surface area contributed by atoms with Crippen LogP contribution in [0.15, 0.2) is 5.16 Å². The van der Waals surface area contributed by atoms with Gasteiger partial charge in [-0.1, -0.05) is 12.1 Å². The number of hydrogen-bond donors (Lipinski definition) is 2. The molecule has 1 fully saturated rings. The summed E-state index contributed by atoms with van der Waals surface area (Å²) >= 11 is 1.90. The Bertz CT molecular complexity index is 193. The van der Waals surface area contributed by atoms with E-state index in [-0.39, 0.29) is 5.92 Å². The molecule has 5 heteroatoms. The van der Waals surface area contributed by atoms with E-state index in [1.807, 2.05) is 18.7 Å². The second-order valence-electron chi connectivity index (χ2n) is 3.57. The second-order valence-corrected chi connectivity index (χ2v) is 4.90. The Balaban J connectivity index is 2.18. The summed E-state index contributed by atoms with van der Waals surface area (Å²) in [7, 11) is 0. The monoisotopic (exact) mass is 218 g/mol. The van der Waals surface area contributed by atoms with Gasteiger partial charge in [-0.25, -0.2) is 0 Å². The van der Waals surface area contributed by atoms with Crippen molar-refractivity contribution in [3.8, 4) is 0 Å². The van der Waals surface area contributed by atoms with E-state index >= 15 is 0 Å². The zero-order valence-corrected chi connectivity index (χ0v) is 9.30. The van der Waals surface area contributed by atoms with Crippen LogP contribution in [-0.2, 0) is 4.74 Å². The molecule has 1 atom stereocenters. The molecule has 14 heavy (non-hydrogen) atoms. The van der Waals surface area contributed by atoms with Crippen LogP contribution in [0.3, 0.4) is 0 Å². The van der Waals surface area contributed by atoms with Gasteiger partial charge < -0.3 is 15.7 Å². The average Bonchev–Trinajstić information content (AvgIpc) is 2.26. The number of amidine groups is 1. The lowest BCUT2D eigenvalue weighted by Gasteiger charge is -2.22. The van der Waals surface area contributed by atoms with Gasteiger partial charge in [-0.3, -0.25) is 0 Å². The van der Waals surface area contributed by atoms with Crippen LogP contribution in [-0.4, -0.2) is 35.3 Å². The molecule has 1 aliphatic rings. The van der Waals surface area contributed by atoms with Gasteiger partial charge in [-0.15, -0.1) is 0 Å². The van der Waals surface area contributed by atoms with Crippen molar-refractivity contribution in [2.24, 2.45) is 16.8 Å². The van der Waals surface area contributed by atoms with Crippen LogP contribution in [0.1, 0.15) is 19.8 Å². The van der Waals surface area contributed by atoms with Crippen molar-refractivity contribution in [2.45, 2.75) is 25.0 Å². The van der Waals surface area contributed by atoms with Crippen LogP contribution >= 0.6 is 11.8 Å². The van der Waals surface area contributed by atoms with Crippen LogP contribution in [0, 0.1) is 5.92 Å². The minimum atomic E-state index is 0.146. The molecule has 0 amide bonds. The highest BCUT2D eigenvalue weighted by Gasteiger charge is 2.16. The molecule has 0 spiro atoms. The Labute approximate surface area is 88.9 Å². The molecule has 82 valence electrons. The Kier molecular flexibility index (Phi) is 5.11. The van der Waals surface area contributed by atoms with Crippen molar-refractivity contribution in [1.29, 1.82) is 0 Å². The highest BCUT2D eigenvalue weighted by molar-refractivity contribution is 7.99. The summed E-state index contributed by atoms with van der Waals surface area (Å²) in [5.41, 5.74) is 5.49. The fourth-order valence-corrected chi connectivity index (χ4v) is 2.56. The predicted molar refractivity (Wildman–Crippen MR) is 58.9 cm³/mol. The Morgan fingerprint density at radius 1 is 1.64 bits per heavy atom. The molecule has 0 aromatic rings. The first-order valence-corrected chi connectivity index (χ1v) is 5.95. The molecule has 0 aromatic carbocycles. The Morgan fingerprint density at radius 2 is 2.29 bits per heavy atom. The molecule has 0 saturated carbocycles. The summed E-state index contributed by atoms with van der Waals surface area (Å²) in [5, 5.41) is 12.2. The lowest BCUT2D eigenvalue weighted by Crippen LogP contribution is -2.25.